The Labute approximate surface area is 114 Å². The number of hydrogen-bond acceptors (Lipinski definition) is 3. The number of hydrogen-bond donors (Lipinski definition) is 1. The summed E-state index contributed by atoms with van der Waals surface area (Å²) in [6, 6.07) is 9.14. The topological polar surface area (TPSA) is 55.4 Å². The van der Waals surface area contributed by atoms with Crippen molar-refractivity contribution in [2.75, 3.05) is 13.2 Å². The number of unbranched alkanes of at least 4 members (excludes halogenated alkanes) is 2. The van der Waals surface area contributed by atoms with Crippen LogP contribution in [0.5, 0.6) is 0 Å². The number of esters is 1. The van der Waals surface area contributed by atoms with E-state index in [4.69, 9.17) is 4.74 Å². The number of carbonyl (C=O) groups is 2. The highest BCUT2D eigenvalue weighted by molar-refractivity contribution is 5.94. The Morgan fingerprint density at radius 2 is 1.84 bits per heavy atom. The predicted octanol–water partition coefficient (Wildman–Crippen LogP) is 2.54. The van der Waals surface area contributed by atoms with Crippen LogP contribution in [0, 0.1) is 0 Å². The van der Waals surface area contributed by atoms with Crippen molar-refractivity contribution in [3.63, 3.8) is 0 Å². The first kappa shape index (κ1) is 15.2. The van der Waals surface area contributed by atoms with Gasteiger partial charge in [-0.25, -0.2) is 0 Å². The van der Waals surface area contributed by atoms with Gasteiger partial charge >= 0.3 is 5.97 Å². The summed E-state index contributed by atoms with van der Waals surface area (Å²) >= 11 is 0. The lowest BCUT2D eigenvalue weighted by Gasteiger charge is -2.05. The number of ether oxygens (including phenoxy) is 1. The Balaban J connectivity index is 2.05. The van der Waals surface area contributed by atoms with Crippen LogP contribution >= 0.6 is 0 Å². The van der Waals surface area contributed by atoms with E-state index in [0.717, 1.165) is 19.3 Å². The molecule has 1 rings (SSSR count). The number of amides is 1. The molecular formula is C15H21NO3. The molecule has 1 aromatic rings. The molecule has 0 aliphatic heterocycles. The third-order valence-corrected chi connectivity index (χ3v) is 2.68. The highest BCUT2D eigenvalue weighted by Gasteiger charge is 2.03. The highest BCUT2D eigenvalue weighted by Crippen LogP contribution is 2.02. The molecule has 0 bridgehead atoms. The molecule has 4 heteroatoms. The Hall–Kier alpha value is -1.84. The van der Waals surface area contributed by atoms with Crippen molar-refractivity contribution in [2.24, 2.45) is 0 Å². The molecular weight excluding hydrogens is 242 g/mol. The minimum atomic E-state index is -0.143. The Morgan fingerprint density at radius 1 is 1.11 bits per heavy atom. The molecule has 0 fully saturated rings. The van der Waals surface area contributed by atoms with E-state index in [0.29, 0.717) is 25.1 Å². The molecule has 0 aromatic heterocycles. The number of rotatable bonds is 8. The second kappa shape index (κ2) is 9.14. The van der Waals surface area contributed by atoms with Crippen molar-refractivity contribution >= 4 is 11.9 Å². The summed E-state index contributed by atoms with van der Waals surface area (Å²) < 4.78 is 4.84. The standard InChI is InChI=1S/C15H21NO3/c1-2-19-14(17)11-7-4-8-12-16-15(18)13-9-5-3-6-10-13/h3,5-6,9-10H,2,4,7-8,11-12H2,1H3,(H,16,18). The highest BCUT2D eigenvalue weighted by atomic mass is 16.5. The molecule has 1 amide bonds. The smallest absolute Gasteiger partial charge is 0.305 e. The Morgan fingerprint density at radius 3 is 2.53 bits per heavy atom. The van der Waals surface area contributed by atoms with Gasteiger partial charge in [0.25, 0.3) is 5.91 Å². The van der Waals surface area contributed by atoms with E-state index in [1.54, 1.807) is 19.1 Å². The van der Waals surface area contributed by atoms with Gasteiger partial charge in [-0.05, 0) is 31.9 Å². The van der Waals surface area contributed by atoms with Gasteiger partial charge in [0.1, 0.15) is 0 Å². The van der Waals surface area contributed by atoms with Crippen molar-refractivity contribution in [3.05, 3.63) is 35.9 Å². The van der Waals surface area contributed by atoms with E-state index in [1.165, 1.54) is 0 Å². The molecule has 0 atom stereocenters. The van der Waals surface area contributed by atoms with E-state index >= 15 is 0 Å². The summed E-state index contributed by atoms with van der Waals surface area (Å²) in [4.78, 5) is 22.8. The van der Waals surface area contributed by atoms with Gasteiger partial charge in [0.05, 0.1) is 6.61 Å². The van der Waals surface area contributed by atoms with Gasteiger partial charge in [-0.2, -0.15) is 0 Å². The fourth-order valence-electron chi connectivity index (χ4n) is 1.70. The first-order chi connectivity index (χ1) is 9.24. The van der Waals surface area contributed by atoms with Crippen LogP contribution in [-0.4, -0.2) is 25.0 Å². The molecule has 1 N–H and O–H groups in total. The second-order valence-corrected chi connectivity index (χ2v) is 4.24. The third-order valence-electron chi connectivity index (χ3n) is 2.68. The van der Waals surface area contributed by atoms with Gasteiger partial charge in [-0.15, -0.1) is 0 Å². The largest absolute Gasteiger partial charge is 0.466 e. The van der Waals surface area contributed by atoms with E-state index < -0.39 is 0 Å². The van der Waals surface area contributed by atoms with Crippen LogP contribution in [0.3, 0.4) is 0 Å². The van der Waals surface area contributed by atoms with Crippen molar-refractivity contribution in [2.45, 2.75) is 32.6 Å². The van der Waals surface area contributed by atoms with Gasteiger partial charge in [0.15, 0.2) is 0 Å². The van der Waals surface area contributed by atoms with Crippen LogP contribution in [0.1, 0.15) is 43.0 Å². The zero-order chi connectivity index (χ0) is 13.9. The molecule has 0 radical (unpaired) electrons. The van der Waals surface area contributed by atoms with Crippen LogP contribution in [0.4, 0.5) is 0 Å². The minimum Gasteiger partial charge on any atom is -0.466 e. The summed E-state index contributed by atoms with van der Waals surface area (Å²) in [5.74, 6) is -0.193. The number of carbonyl (C=O) groups excluding carboxylic acids is 2. The van der Waals surface area contributed by atoms with Crippen LogP contribution in [0.25, 0.3) is 0 Å². The van der Waals surface area contributed by atoms with Crippen LogP contribution in [0.15, 0.2) is 30.3 Å². The van der Waals surface area contributed by atoms with Crippen LogP contribution in [-0.2, 0) is 9.53 Å². The van der Waals surface area contributed by atoms with E-state index in [2.05, 4.69) is 5.32 Å². The summed E-state index contributed by atoms with van der Waals surface area (Å²) in [7, 11) is 0. The van der Waals surface area contributed by atoms with Gasteiger partial charge in [0.2, 0.25) is 0 Å². The maximum atomic E-state index is 11.7. The molecule has 0 heterocycles. The monoisotopic (exact) mass is 263 g/mol. The van der Waals surface area contributed by atoms with E-state index in [1.807, 2.05) is 18.2 Å². The van der Waals surface area contributed by atoms with Crippen molar-refractivity contribution in [1.82, 2.24) is 5.32 Å². The summed E-state index contributed by atoms with van der Waals surface area (Å²) in [6.45, 7) is 2.87. The van der Waals surface area contributed by atoms with Gasteiger partial charge < -0.3 is 10.1 Å². The predicted molar refractivity (Wildman–Crippen MR) is 73.9 cm³/mol. The van der Waals surface area contributed by atoms with Gasteiger partial charge in [0, 0.05) is 18.5 Å². The van der Waals surface area contributed by atoms with Crippen molar-refractivity contribution in [1.29, 1.82) is 0 Å². The fourth-order valence-corrected chi connectivity index (χ4v) is 1.70. The molecule has 19 heavy (non-hydrogen) atoms. The van der Waals surface area contributed by atoms with Crippen LogP contribution < -0.4 is 5.32 Å². The van der Waals surface area contributed by atoms with Crippen molar-refractivity contribution < 1.29 is 14.3 Å². The number of benzene rings is 1. The molecule has 0 aliphatic rings. The fraction of sp³-hybridized carbons (Fsp3) is 0.467. The maximum Gasteiger partial charge on any atom is 0.305 e. The summed E-state index contributed by atoms with van der Waals surface area (Å²) in [6.07, 6.45) is 3.05. The Kier molecular flexibility index (Phi) is 7.32. The lowest BCUT2D eigenvalue weighted by Crippen LogP contribution is -2.24. The lowest BCUT2D eigenvalue weighted by molar-refractivity contribution is -0.143. The second-order valence-electron chi connectivity index (χ2n) is 4.24. The summed E-state index contributed by atoms with van der Waals surface area (Å²) in [5, 5.41) is 2.86. The minimum absolute atomic E-state index is 0.0500. The normalized spacial score (nSPS) is 9.95. The SMILES string of the molecule is CCOC(=O)CCCCCNC(=O)c1ccccc1. The van der Waals surface area contributed by atoms with Gasteiger partial charge in [-0.3, -0.25) is 9.59 Å². The molecule has 0 saturated carbocycles. The Bertz CT molecular complexity index is 390. The average molecular weight is 263 g/mol. The molecule has 0 unspecified atom stereocenters. The molecule has 0 aliphatic carbocycles. The van der Waals surface area contributed by atoms with Crippen LogP contribution in [0.2, 0.25) is 0 Å². The van der Waals surface area contributed by atoms with E-state index in [9.17, 15) is 9.59 Å². The molecule has 4 nitrogen and oxygen atoms in total. The first-order valence-electron chi connectivity index (χ1n) is 6.73. The average Bonchev–Trinajstić information content (AvgIpc) is 2.43. The zero-order valence-corrected chi connectivity index (χ0v) is 11.4. The van der Waals surface area contributed by atoms with Crippen molar-refractivity contribution in [3.8, 4) is 0 Å². The quantitative estimate of drug-likeness (QED) is 0.579. The van der Waals surface area contributed by atoms with E-state index in [-0.39, 0.29) is 11.9 Å². The lowest BCUT2D eigenvalue weighted by atomic mass is 10.2. The maximum absolute atomic E-state index is 11.7. The third kappa shape index (κ3) is 6.60. The molecule has 0 spiro atoms. The molecule has 1 aromatic carbocycles. The number of nitrogens with one attached hydrogen (secondary N) is 1. The molecule has 0 saturated heterocycles. The molecule has 104 valence electrons. The van der Waals surface area contributed by atoms with Gasteiger partial charge in [-0.1, -0.05) is 24.6 Å². The summed E-state index contributed by atoms with van der Waals surface area (Å²) in [5.41, 5.74) is 0.675. The zero-order valence-electron chi connectivity index (χ0n) is 11.4. The first-order valence-corrected chi connectivity index (χ1v) is 6.73.